The van der Waals surface area contributed by atoms with Crippen LogP contribution in [0.4, 0.5) is 4.79 Å². The van der Waals surface area contributed by atoms with Crippen LogP contribution in [0.25, 0.3) is 21.8 Å². The third kappa shape index (κ3) is 3.67. The molecule has 0 saturated carbocycles. The molecule has 0 aliphatic carbocycles. The predicted octanol–water partition coefficient (Wildman–Crippen LogP) is 3.08. The Balaban J connectivity index is 1.25. The number of hydrogen-bond acceptors (Lipinski definition) is 4. The summed E-state index contributed by atoms with van der Waals surface area (Å²) in [6.07, 6.45) is 0. The molecule has 4 aromatic rings. The molecule has 0 radical (unpaired) electrons. The normalized spacial score (nSPS) is 18.0. The van der Waals surface area contributed by atoms with Crippen molar-refractivity contribution in [2.75, 3.05) is 13.1 Å². The largest absolute Gasteiger partial charge is 0.353 e. The number of fused-ring (bicyclic) bond motifs is 2. The molecule has 1 aromatic heterocycles. The number of aryl methyl sites for hydroxylation is 1. The molecule has 1 aliphatic heterocycles. The number of urea groups is 1. The summed E-state index contributed by atoms with van der Waals surface area (Å²) in [6, 6.07) is 20.7. The van der Waals surface area contributed by atoms with Crippen molar-refractivity contribution in [3.8, 4) is 0 Å². The summed E-state index contributed by atoms with van der Waals surface area (Å²) >= 11 is 0. The smallest absolute Gasteiger partial charge is 0.325 e. The average molecular weight is 456 g/mol. The van der Waals surface area contributed by atoms with Gasteiger partial charge in [-0.3, -0.25) is 14.5 Å². The van der Waals surface area contributed by atoms with Crippen molar-refractivity contribution in [2.45, 2.75) is 25.9 Å². The first-order valence-electron chi connectivity index (χ1n) is 11.2. The summed E-state index contributed by atoms with van der Waals surface area (Å²) in [6.45, 7) is 4.14. The molecule has 2 N–H and O–H groups in total. The Morgan fingerprint density at radius 1 is 1.03 bits per heavy atom. The first kappa shape index (κ1) is 21.6. The van der Waals surface area contributed by atoms with Gasteiger partial charge in [0.05, 0.1) is 11.0 Å². The van der Waals surface area contributed by atoms with E-state index in [1.807, 2.05) is 78.2 Å². The third-order valence-corrected chi connectivity index (χ3v) is 6.41. The number of imidazole rings is 1. The maximum Gasteiger partial charge on any atom is 0.325 e. The average Bonchev–Trinajstić information content (AvgIpc) is 3.27. The van der Waals surface area contributed by atoms with Crippen LogP contribution in [0.5, 0.6) is 0 Å². The van der Waals surface area contributed by atoms with Crippen LogP contribution in [0.15, 0.2) is 66.7 Å². The zero-order chi connectivity index (χ0) is 23.9. The fourth-order valence-electron chi connectivity index (χ4n) is 4.52. The summed E-state index contributed by atoms with van der Waals surface area (Å²) in [4.78, 5) is 43.9. The maximum absolute atomic E-state index is 13.2. The van der Waals surface area contributed by atoms with E-state index in [0.717, 1.165) is 32.5 Å². The van der Waals surface area contributed by atoms with Crippen LogP contribution in [0.3, 0.4) is 0 Å². The van der Waals surface area contributed by atoms with Gasteiger partial charge >= 0.3 is 6.03 Å². The van der Waals surface area contributed by atoms with Gasteiger partial charge in [0.25, 0.3) is 5.91 Å². The number of nitrogens with one attached hydrogen (secondary N) is 2. The van der Waals surface area contributed by atoms with Gasteiger partial charge in [-0.2, -0.15) is 0 Å². The van der Waals surface area contributed by atoms with E-state index in [4.69, 9.17) is 0 Å². The Morgan fingerprint density at radius 2 is 1.76 bits per heavy atom. The minimum Gasteiger partial charge on any atom is -0.353 e. The second-order valence-corrected chi connectivity index (χ2v) is 8.66. The van der Waals surface area contributed by atoms with E-state index in [1.165, 1.54) is 0 Å². The Labute approximate surface area is 196 Å². The van der Waals surface area contributed by atoms with Gasteiger partial charge in [-0.05, 0) is 48.4 Å². The topological polar surface area (TPSA) is 96.3 Å². The van der Waals surface area contributed by atoms with E-state index in [0.29, 0.717) is 18.7 Å². The SMILES string of the molecule is Cc1nc2ccccc2n1CCNC(=O)CN1C(=O)N[C@@](C)(c2ccc3ccccc3c2)C1=O. The van der Waals surface area contributed by atoms with Crippen LogP contribution in [0.2, 0.25) is 0 Å². The molecule has 1 fully saturated rings. The quantitative estimate of drug-likeness (QED) is 0.437. The van der Waals surface area contributed by atoms with Gasteiger partial charge in [0, 0.05) is 13.1 Å². The number of aromatic nitrogens is 2. The van der Waals surface area contributed by atoms with Crippen molar-refractivity contribution < 1.29 is 14.4 Å². The highest BCUT2D eigenvalue weighted by Crippen LogP contribution is 2.30. The number of carbonyl (C=O) groups is 3. The lowest BCUT2D eigenvalue weighted by Gasteiger charge is -2.22. The van der Waals surface area contributed by atoms with E-state index in [2.05, 4.69) is 15.6 Å². The molecule has 1 saturated heterocycles. The highest BCUT2D eigenvalue weighted by atomic mass is 16.2. The molecule has 3 aromatic carbocycles. The molecule has 1 atom stereocenters. The van der Waals surface area contributed by atoms with Gasteiger partial charge in [-0.15, -0.1) is 0 Å². The Bertz CT molecular complexity index is 1440. The summed E-state index contributed by atoms with van der Waals surface area (Å²) < 4.78 is 2.03. The predicted molar refractivity (Wildman–Crippen MR) is 129 cm³/mol. The van der Waals surface area contributed by atoms with Crippen molar-refractivity contribution in [3.63, 3.8) is 0 Å². The van der Waals surface area contributed by atoms with Gasteiger partial charge in [0.2, 0.25) is 5.91 Å². The van der Waals surface area contributed by atoms with Crippen LogP contribution < -0.4 is 10.6 Å². The number of amides is 4. The molecule has 34 heavy (non-hydrogen) atoms. The molecule has 8 nitrogen and oxygen atoms in total. The number of rotatable bonds is 6. The Kier molecular flexibility index (Phi) is 5.28. The van der Waals surface area contributed by atoms with Gasteiger partial charge in [0.1, 0.15) is 17.9 Å². The van der Waals surface area contributed by atoms with Gasteiger partial charge in [-0.1, -0.05) is 48.5 Å². The molecular formula is C26H25N5O3. The molecule has 1 aliphatic rings. The second kappa shape index (κ2) is 8.30. The fraction of sp³-hybridized carbons (Fsp3) is 0.231. The van der Waals surface area contributed by atoms with E-state index in [1.54, 1.807) is 6.92 Å². The molecule has 0 bridgehead atoms. The van der Waals surface area contributed by atoms with Gasteiger partial charge in [0.15, 0.2) is 0 Å². The summed E-state index contributed by atoms with van der Waals surface area (Å²) in [5.41, 5.74) is 1.34. The van der Waals surface area contributed by atoms with Crippen molar-refractivity contribution in [1.82, 2.24) is 25.1 Å². The molecular weight excluding hydrogens is 430 g/mol. The minimum atomic E-state index is -1.23. The lowest BCUT2D eigenvalue weighted by atomic mass is 9.90. The lowest BCUT2D eigenvalue weighted by Crippen LogP contribution is -2.43. The van der Waals surface area contributed by atoms with E-state index in [-0.39, 0.29) is 6.54 Å². The first-order valence-corrected chi connectivity index (χ1v) is 11.2. The van der Waals surface area contributed by atoms with E-state index < -0.39 is 23.4 Å². The van der Waals surface area contributed by atoms with E-state index >= 15 is 0 Å². The lowest BCUT2D eigenvalue weighted by molar-refractivity contribution is -0.134. The molecule has 2 heterocycles. The van der Waals surface area contributed by atoms with Crippen LogP contribution in [-0.4, -0.2) is 45.4 Å². The van der Waals surface area contributed by atoms with Gasteiger partial charge < -0.3 is 15.2 Å². The molecule has 0 spiro atoms. The maximum atomic E-state index is 13.2. The summed E-state index contributed by atoms with van der Waals surface area (Å²) in [7, 11) is 0. The summed E-state index contributed by atoms with van der Waals surface area (Å²) in [5.74, 6) is 0.0170. The molecule has 0 unspecified atom stereocenters. The minimum absolute atomic E-state index is 0.336. The second-order valence-electron chi connectivity index (χ2n) is 8.66. The van der Waals surface area contributed by atoms with Crippen LogP contribution >= 0.6 is 0 Å². The van der Waals surface area contributed by atoms with Crippen LogP contribution in [0.1, 0.15) is 18.3 Å². The molecule has 5 rings (SSSR count). The third-order valence-electron chi connectivity index (χ3n) is 6.41. The van der Waals surface area contributed by atoms with Crippen LogP contribution in [0, 0.1) is 6.92 Å². The standard InChI is InChI=1S/C26H25N5O3/c1-17-28-21-9-5-6-10-22(21)30(17)14-13-27-23(32)16-31-24(33)26(2,29-25(31)34)20-12-11-18-7-3-4-8-19(18)15-20/h3-12,15H,13-14,16H2,1-2H3,(H,27,32)(H,29,34)/t26-/m0/s1. The highest BCUT2D eigenvalue weighted by Gasteiger charge is 2.49. The Morgan fingerprint density at radius 3 is 2.59 bits per heavy atom. The van der Waals surface area contributed by atoms with Crippen molar-refractivity contribution in [3.05, 3.63) is 78.1 Å². The van der Waals surface area contributed by atoms with Crippen molar-refractivity contribution in [2.24, 2.45) is 0 Å². The molecule has 172 valence electrons. The number of para-hydroxylation sites is 2. The number of imide groups is 1. The monoisotopic (exact) mass is 455 g/mol. The number of carbonyl (C=O) groups excluding carboxylic acids is 3. The zero-order valence-corrected chi connectivity index (χ0v) is 19.0. The first-order chi connectivity index (χ1) is 16.4. The van der Waals surface area contributed by atoms with Gasteiger partial charge in [-0.25, -0.2) is 9.78 Å². The van der Waals surface area contributed by atoms with E-state index in [9.17, 15) is 14.4 Å². The number of benzene rings is 3. The number of hydrogen-bond donors (Lipinski definition) is 2. The fourth-order valence-corrected chi connectivity index (χ4v) is 4.52. The van der Waals surface area contributed by atoms with Crippen molar-refractivity contribution in [1.29, 1.82) is 0 Å². The molecule has 4 amide bonds. The van der Waals surface area contributed by atoms with Crippen LogP contribution in [-0.2, 0) is 21.7 Å². The number of nitrogens with zero attached hydrogens (tertiary/aromatic N) is 3. The highest BCUT2D eigenvalue weighted by molar-refractivity contribution is 6.09. The summed E-state index contributed by atoms with van der Waals surface area (Å²) in [5, 5.41) is 7.60. The van der Waals surface area contributed by atoms with Crippen molar-refractivity contribution >= 4 is 39.7 Å². The molecule has 8 heteroatoms. The Hall–Kier alpha value is -4.20. The zero-order valence-electron chi connectivity index (χ0n) is 19.0.